The van der Waals surface area contributed by atoms with Gasteiger partial charge in [0.05, 0.1) is 23.9 Å². The minimum absolute atomic E-state index is 0.0447. The summed E-state index contributed by atoms with van der Waals surface area (Å²) >= 11 is 13.2. The van der Waals surface area contributed by atoms with Gasteiger partial charge in [-0.15, -0.1) is 0 Å². The van der Waals surface area contributed by atoms with E-state index in [-0.39, 0.29) is 31.3 Å². The molecule has 0 aliphatic heterocycles. The second-order valence-corrected chi connectivity index (χ2v) is 10.8. The van der Waals surface area contributed by atoms with E-state index in [0.29, 0.717) is 33.1 Å². The number of hydrogen-bond acceptors (Lipinski definition) is 7. The van der Waals surface area contributed by atoms with Gasteiger partial charge in [0, 0.05) is 40.4 Å². The molecule has 0 atom stereocenters. The van der Waals surface area contributed by atoms with Crippen LogP contribution in [0.15, 0.2) is 72.8 Å². The smallest absolute Gasteiger partial charge is 0.325 e. The van der Waals surface area contributed by atoms with Crippen LogP contribution in [-0.2, 0) is 25.7 Å². The number of carbonyl (C=O) groups is 4. The fourth-order valence-electron chi connectivity index (χ4n) is 4.32. The molecule has 10 nitrogen and oxygen atoms in total. The Bertz CT molecular complexity index is 1790. The Kier molecular flexibility index (Phi) is 11.7. The topological polar surface area (TPSA) is 127 Å². The summed E-state index contributed by atoms with van der Waals surface area (Å²) in [6.07, 6.45) is 2.82. The molecule has 0 fully saturated rings. The van der Waals surface area contributed by atoms with E-state index in [2.05, 4.69) is 15.6 Å². The van der Waals surface area contributed by atoms with E-state index in [1.807, 2.05) is 37.3 Å². The van der Waals surface area contributed by atoms with E-state index in [0.717, 1.165) is 16.6 Å². The quantitative estimate of drug-likeness (QED) is 0.151. The van der Waals surface area contributed by atoms with Crippen LogP contribution in [0.2, 0.25) is 10.0 Å². The average molecular weight is 664 g/mol. The monoisotopic (exact) mass is 662 g/mol. The first kappa shape index (κ1) is 34.0. The van der Waals surface area contributed by atoms with E-state index in [1.54, 1.807) is 56.4 Å². The molecule has 0 saturated carbocycles. The lowest BCUT2D eigenvalue weighted by Crippen LogP contribution is -2.37. The van der Waals surface area contributed by atoms with Crippen LogP contribution in [0.5, 0.6) is 5.75 Å². The number of aromatic nitrogens is 1. The van der Waals surface area contributed by atoms with E-state index in [1.165, 1.54) is 11.0 Å². The second kappa shape index (κ2) is 15.9. The van der Waals surface area contributed by atoms with Crippen molar-refractivity contribution < 1.29 is 28.7 Å². The molecule has 0 aliphatic rings. The van der Waals surface area contributed by atoms with Gasteiger partial charge in [-0.2, -0.15) is 0 Å². The Balaban J connectivity index is 1.32. The summed E-state index contributed by atoms with van der Waals surface area (Å²) in [4.78, 5) is 54.9. The summed E-state index contributed by atoms with van der Waals surface area (Å²) in [6.45, 7) is 3.34. The number of anilines is 1. The number of rotatable bonds is 12. The molecule has 0 radical (unpaired) electrons. The van der Waals surface area contributed by atoms with Crippen LogP contribution < -0.4 is 20.3 Å². The zero-order valence-corrected chi connectivity index (χ0v) is 26.9. The summed E-state index contributed by atoms with van der Waals surface area (Å²) in [5.74, 6) is -1.28. The number of ether oxygens (including phenoxy) is 2. The third-order valence-electron chi connectivity index (χ3n) is 6.81. The number of nitrogens with zero attached hydrogens (tertiary/aromatic N) is 2. The molecule has 3 aromatic carbocycles. The predicted octanol–water partition coefficient (Wildman–Crippen LogP) is 5.51. The minimum Gasteiger partial charge on any atom is -0.487 e. The van der Waals surface area contributed by atoms with Gasteiger partial charge in [0.1, 0.15) is 24.4 Å². The molecule has 1 heterocycles. The van der Waals surface area contributed by atoms with Crippen molar-refractivity contribution in [1.82, 2.24) is 15.6 Å². The lowest BCUT2D eigenvalue weighted by Gasteiger charge is -2.21. The lowest BCUT2D eigenvalue weighted by atomic mass is 10.1. The number of esters is 1. The largest absolute Gasteiger partial charge is 0.487 e. The zero-order chi connectivity index (χ0) is 33.2. The van der Waals surface area contributed by atoms with Gasteiger partial charge in [0.2, 0.25) is 11.8 Å². The van der Waals surface area contributed by atoms with Gasteiger partial charge in [-0.05, 0) is 61.9 Å². The average Bonchev–Trinajstić information content (AvgIpc) is 3.05. The van der Waals surface area contributed by atoms with Crippen LogP contribution >= 0.6 is 23.2 Å². The number of hydrogen-bond donors (Lipinski definition) is 2. The van der Waals surface area contributed by atoms with Crippen molar-refractivity contribution >= 4 is 69.6 Å². The summed E-state index contributed by atoms with van der Waals surface area (Å²) in [7, 11) is 1.55. The van der Waals surface area contributed by atoms with Gasteiger partial charge < -0.3 is 25.0 Å². The number of likely N-dealkylation sites (N-methyl/N-ethyl adjacent to an activating group) is 1. The summed E-state index contributed by atoms with van der Waals surface area (Å²) < 4.78 is 10.9. The van der Waals surface area contributed by atoms with Gasteiger partial charge in [-0.25, -0.2) is 4.98 Å². The molecule has 0 aliphatic carbocycles. The third kappa shape index (κ3) is 8.83. The van der Waals surface area contributed by atoms with Crippen molar-refractivity contribution in [1.29, 1.82) is 0 Å². The molecule has 3 amide bonds. The fourth-order valence-corrected chi connectivity index (χ4v) is 4.93. The van der Waals surface area contributed by atoms with Crippen molar-refractivity contribution in [2.45, 2.75) is 20.5 Å². The predicted molar refractivity (Wildman–Crippen MR) is 178 cm³/mol. The first-order valence-electron chi connectivity index (χ1n) is 14.3. The van der Waals surface area contributed by atoms with Crippen LogP contribution in [-0.4, -0.2) is 55.4 Å². The molecular weight excluding hydrogens is 631 g/mol. The Morgan fingerprint density at radius 2 is 1.70 bits per heavy atom. The van der Waals surface area contributed by atoms with Crippen molar-refractivity contribution in [3.05, 3.63) is 105 Å². The van der Waals surface area contributed by atoms with Crippen molar-refractivity contribution in [2.75, 3.05) is 31.6 Å². The molecule has 0 bridgehead atoms. The maximum atomic E-state index is 13.0. The highest BCUT2D eigenvalue weighted by atomic mass is 35.5. The Labute approximate surface area is 276 Å². The Morgan fingerprint density at radius 3 is 2.43 bits per heavy atom. The maximum absolute atomic E-state index is 13.0. The number of carbonyl (C=O) groups excluding carboxylic acids is 4. The number of halogens is 2. The summed E-state index contributed by atoms with van der Waals surface area (Å²) in [5.41, 5.74) is 3.47. The molecular formula is C34H32Cl2N4O6. The number of fused-ring (bicyclic) bond motifs is 1. The van der Waals surface area contributed by atoms with E-state index in [9.17, 15) is 19.2 Å². The molecule has 46 heavy (non-hydrogen) atoms. The van der Waals surface area contributed by atoms with Crippen LogP contribution in [0, 0.1) is 6.92 Å². The highest BCUT2D eigenvalue weighted by Gasteiger charge is 2.19. The van der Waals surface area contributed by atoms with E-state index >= 15 is 0 Å². The number of nitrogens with one attached hydrogen (secondary N) is 2. The van der Waals surface area contributed by atoms with Crippen LogP contribution in [0.1, 0.15) is 34.1 Å². The lowest BCUT2D eigenvalue weighted by molar-refractivity contribution is -0.141. The number of aryl methyl sites for hydroxylation is 1. The zero-order valence-electron chi connectivity index (χ0n) is 25.4. The third-order valence-corrected chi connectivity index (χ3v) is 7.58. The Hall–Kier alpha value is -4.93. The molecule has 2 N–H and O–H groups in total. The van der Waals surface area contributed by atoms with Crippen molar-refractivity contribution in [3.63, 3.8) is 0 Å². The number of pyridine rings is 1. The molecule has 0 unspecified atom stereocenters. The highest BCUT2D eigenvalue weighted by molar-refractivity contribution is 6.38. The number of amides is 3. The van der Waals surface area contributed by atoms with E-state index < -0.39 is 23.7 Å². The van der Waals surface area contributed by atoms with Gasteiger partial charge in [0.25, 0.3) is 5.91 Å². The number of benzene rings is 3. The van der Waals surface area contributed by atoms with Crippen LogP contribution in [0.3, 0.4) is 0 Å². The number of para-hydroxylation sites is 1. The molecule has 1 aromatic heterocycles. The standard InChI is InChI=1S/C34H32Cl2N4O6/c1-4-45-31(43)19-38-34(44)24-13-9-22(10-14-24)11-17-29(41)37-18-30(42)40(3)27-16-15-26(35)25(32(27)36)20-46-28-7-5-6-23-12-8-21(2)39-33(23)28/h5-17H,4,18-20H2,1-3H3,(H,37,41)(H,38,44). The molecule has 0 saturated heterocycles. The van der Waals surface area contributed by atoms with Crippen molar-refractivity contribution in [3.8, 4) is 5.75 Å². The molecule has 12 heteroatoms. The maximum Gasteiger partial charge on any atom is 0.325 e. The van der Waals surface area contributed by atoms with Gasteiger partial charge >= 0.3 is 5.97 Å². The highest BCUT2D eigenvalue weighted by Crippen LogP contribution is 2.35. The molecule has 0 spiro atoms. The first-order chi connectivity index (χ1) is 22.1. The molecule has 238 valence electrons. The summed E-state index contributed by atoms with van der Waals surface area (Å²) in [6, 6.07) is 19.2. The van der Waals surface area contributed by atoms with Gasteiger partial charge in [-0.3, -0.25) is 19.2 Å². The molecule has 4 rings (SSSR count). The summed E-state index contributed by atoms with van der Waals surface area (Å²) in [5, 5.41) is 6.59. The Morgan fingerprint density at radius 1 is 0.935 bits per heavy atom. The normalized spacial score (nSPS) is 10.9. The first-order valence-corrected chi connectivity index (χ1v) is 15.0. The molecule has 4 aromatic rings. The van der Waals surface area contributed by atoms with Gasteiger partial charge in [-0.1, -0.05) is 53.5 Å². The SMILES string of the molecule is CCOC(=O)CNC(=O)c1ccc(C=CC(=O)NCC(=O)N(C)c2ccc(Cl)c(COc3cccc4ccc(C)nc34)c2Cl)cc1. The van der Waals surface area contributed by atoms with Crippen LogP contribution in [0.4, 0.5) is 5.69 Å². The van der Waals surface area contributed by atoms with Gasteiger partial charge in [0.15, 0.2) is 0 Å². The van der Waals surface area contributed by atoms with Crippen LogP contribution in [0.25, 0.3) is 17.0 Å². The second-order valence-electron chi connectivity index (χ2n) is 10.0. The van der Waals surface area contributed by atoms with E-state index in [4.69, 9.17) is 32.7 Å². The minimum atomic E-state index is -0.525. The van der Waals surface area contributed by atoms with Crippen molar-refractivity contribution in [2.24, 2.45) is 0 Å². The fraction of sp³-hybridized carbons (Fsp3) is 0.206.